The van der Waals surface area contributed by atoms with Gasteiger partial charge < -0.3 is 23.8 Å². The predicted molar refractivity (Wildman–Crippen MR) is 157 cm³/mol. The minimum atomic E-state index is -0.997. The van der Waals surface area contributed by atoms with Gasteiger partial charge in [-0.05, 0) is 70.8 Å². The molecule has 0 radical (unpaired) electrons. The first-order valence-electron chi connectivity index (χ1n) is 13.1. The largest absolute Gasteiger partial charge is 0.508 e. The van der Waals surface area contributed by atoms with Crippen LogP contribution in [0.5, 0.6) is 11.5 Å². The summed E-state index contributed by atoms with van der Waals surface area (Å²) in [5.74, 6) is -0.626. The van der Waals surface area contributed by atoms with Crippen LogP contribution in [-0.4, -0.2) is 51.8 Å². The number of aromatic hydroxyl groups is 1. The Hall–Kier alpha value is -4.86. The Balaban J connectivity index is 1.45. The average molecular weight is 586 g/mol. The van der Waals surface area contributed by atoms with E-state index in [1.165, 1.54) is 24.3 Å². The summed E-state index contributed by atoms with van der Waals surface area (Å²) in [7, 11) is 2.83. The molecule has 10 heteroatoms. The Kier molecular flexibility index (Phi) is 8.71. The van der Waals surface area contributed by atoms with E-state index in [1.54, 1.807) is 48.2 Å². The zero-order valence-electron chi connectivity index (χ0n) is 22.9. The number of rotatable bonds is 10. The maximum Gasteiger partial charge on any atom is 0.377 e. The summed E-state index contributed by atoms with van der Waals surface area (Å²) in [6.07, 6.45) is 3.53. The molecule has 2 heterocycles. The second-order valence-corrected chi connectivity index (χ2v) is 9.97. The van der Waals surface area contributed by atoms with Crippen molar-refractivity contribution in [2.45, 2.75) is 19.0 Å². The van der Waals surface area contributed by atoms with Crippen LogP contribution in [0.4, 0.5) is 0 Å². The van der Waals surface area contributed by atoms with Gasteiger partial charge in [-0.3, -0.25) is 4.79 Å². The first-order chi connectivity index (χ1) is 20.3. The Bertz CT molecular complexity index is 1700. The molecule has 0 aliphatic heterocycles. The Morgan fingerprint density at radius 2 is 1.71 bits per heavy atom. The summed E-state index contributed by atoms with van der Waals surface area (Å²) < 4.78 is 12.2. The zero-order chi connectivity index (χ0) is 29.6. The minimum absolute atomic E-state index is 0.0622. The van der Waals surface area contributed by atoms with Crippen LogP contribution in [0.2, 0.25) is 5.02 Å². The van der Waals surface area contributed by atoms with Crippen molar-refractivity contribution in [3.05, 3.63) is 119 Å². The van der Waals surface area contributed by atoms with Crippen LogP contribution in [-0.2, 0) is 27.3 Å². The number of halogens is 1. The third-order valence-corrected chi connectivity index (χ3v) is 6.96. The molecule has 214 valence electrons. The van der Waals surface area contributed by atoms with Crippen LogP contribution in [0.15, 0.2) is 97.3 Å². The summed E-state index contributed by atoms with van der Waals surface area (Å²) in [6, 6.07) is 23.9. The van der Waals surface area contributed by atoms with E-state index in [2.05, 4.69) is 4.98 Å². The number of imidazole rings is 1. The van der Waals surface area contributed by atoms with Crippen molar-refractivity contribution >= 4 is 29.2 Å². The van der Waals surface area contributed by atoms with Gasteiger partial charge in [0.2, 0.25) is 0 Å². The molecule has 0 bridgehead atoms. The topological polar surface area (TPSA) is 103 Å². The van der Waals surface area contributed by atoms with E-state index in [0.717, 1.165) is 22.3 Å². The van der Waals surface area contributed by atoms with E-state index in [-0.39, 0.29) is 24.4 Å². The normalized spacial score (nSPS) is 11.8. The molecule has 9 nitrogen and oxygen atoms in total. The summed E-state index contributed by atoms with van der Waals surface area (Å²) >= 11 is 6.03. The lowest BCUT2D eigenvalue weighted by atomic mass is 10.0. The third kappa shape index (κ3) is 6.71. The molecular weight excluding hydrogens is 558 g/mol. The number of pyridine rings is 1. The third-order valence-electron chi connectivity index (χ3n) is 6.71. The molecule has 0 aliphatic rings. The number of carbonyl (C=O) groups is 2. The molecule has 42 heavy (non-hydrogen) atoms. The molecule has 0 amide bonds. The van der Waals surface area contributed by atoms with Crippen LogP contribution in [0.25, 0.3) is 16.8 Å². The fourth-order valence-corrected chi connectivity index (χ4v) is 4.63. The average Bonchev–Trinajstić information content (AvgIpc) is 3.44. The van der Waals surface area contributed by atoms with Crippen molar-refractivity contribution in [2.75, 3.05) is 14.2 Å². The predicted octanol–water partition coefficient (Wildman–Crippen LogP) is 5.73. The van der Waals surface area contributed by atoms with Gasteiger partial charge in [-0.2, -0.15) is 0 Å². The molecule has 0 aliphatic carbocycles. The highest BCUT2D eigenvalue weighted by atomic mass is 35.5. The maximum atomic E-state index is 13.5. The van der Waals surface area contributed by atoms with Gasteiger partial charge in [0.15, 0.2) is 5.69 Å². The molecule has 5 rings (SSSR count). The molecule has 2 aromatic heterocycles. The minimum Gasteiger partial charge on any atom is -0.508 e. The summed E-state index contributed by atoms with van der Waals surface area (Å²) in [5, 5.41) is 11.6. The standard InChI is InChI=1S/C32H28ClN3O6/c1-40-27-5-3-4-22(16-27)19-36(29(32(39)41-2)17-21-6-12-26(37)13-7-21)42-31(38)28-20-35-15-14-24(18-30(35)34-28)23-8-10-25(33)11-9-23/h3-16,18,20,29,37H,17,19H2,1-2H3/t29-/m0/s1. The van der Waals surface area contributed by atoms with Crippen molar-refractivity contribution in [1.82, 2.24) is 14.4 Å². The van der Waals surface area contributed by atoms with Crippen LogP contribution in [0.1, 0.15) is 21.6 Å². The Morgan fingerprint density at radius 3 is 2.43 bits per heavy atom. The first kappa shape index (κ1) is 28.7. The van der Waals surface area contributed by atoms with Gasteiger partial charge in [0.05, 0.1) is 20.8 Å². The Morgan fingerprint density at radius 1 is 0.952 bits per heavy atom. The molecular formula is C32H28ClN3O6. The highest BCUT2D eigenvalue weighted by molar-refractivity contribution is 6.30. The van der Waals surface area contributed by atoms with Crippen LogP contribution < -0.4 is 4.74 Å². The van der Waals surface area contributed by atoms with Gasteiger partial charge in [0.25, 0.3) is 0 Å². The lowest BCUT2D eigenvalue weighted by Gasteiger charge is -2.28. The molecule has 0 fully saturated rings. The van der Waals surface area contributed by atoms with Gasteiger partial charge in [0.1, 0.15) is 23.2 Å². The molecule has 0 spiro atoms. The monoisotopic (exact) mass is 585 g/mol. The maximum absolute atomic E-state index is 13.5. The molecule has 0 saturated carbocycles. The highest BCUT2D eigenvalue weighted by Crippen LogP contribution is 2.24. The number of hydroxylamine groups is 2. The molecule has 1 atom stereocenters. The van der Waals surface area contributed by atoms with Crippen LogP contribution in [0.3, 0.4) is 0 Å². The summed E-state index contributed by atoms with van der Waals surface area (Å²) in [5.41, 5.74) is 3.94. The second-order valence-electron chi connectivity index (χ2n) is 9.53. The van der Waals surface area contributed by atoms with Gasteiger partial charge >= 0.3 is 11.9 Å². The first-order valence-corrected chi connectivity index (χ1v) is 13.4. The number of phenolic OH excluding ortho intramolecular Hbond substituents is 1. The lowest BCUT2D eigenvalue weighted by Crippen LogP contribution is -2.44. The zero-order valence-corrected chi connectivity index (χ0v) is 23.7. The van der Waals surface area contributed by atoms with E-state index in [4.69, 9.17) is 25.9 Å². The van der Waals surface area contributed by atoms with E-state index >= 15 is 0 Å². The number of carbonyl (C=O) groups excluding carboxylic acids is 2. The number of methoxy groups -OCH3 is 2. The number of ether oxygens (including phenoxy) is 2. The number of hydrogen-bond acceptors (Lipinski definition) is 8. The molecule has 1 N–H and O–H groups in total. The number of aromatic nitrogens is 2. The number of hydrogen-bond donors (Lipinski definition) is 1. The van der Waals surface area contributed by atoms with E-state index in [0.29, 0.717) is 16.4 Å². The Labute approximate surface area is 247 Å². The molecule has 0 saturated heterocycles. The second kappa shape index (κ2) is 12.8. The SMILES string of the molecule is COC(=O)[C@H](Cc1ccc(O)cc1)N(Cc1cccc(OC)c1)OC(=O)c1cn2ccc(-c3ccc(Cl)cc3)cc2n1. The fraction of sp³-hybridized carbons (Fsp3) is 0.156. The quantitative estimate of drug-likeness (QED) is 0.164. The van der Waals surface area contributed by atoms with Crippen LogP contribution >= 0.6 is 11.6 Å². The number of fused-ring (bicyclic) bond motifs is 1. The van der Waals surface area contributed by atoms with Gasteiger partial charge in [-0.15, -0.1) is 5.06 Å². The van der Waals surface area contributed by atoms with Gasteiger partial charge in [0, 0.05) is 23.8 Å². The van der Waals surface area contributed by atoms with E-state index < -0.39 is 18.0 Å². The van der Waals surface area contributed by atoms with Gasteiger partial charge in [-0.25, -0.2) is 9.78 Å². The number of phenols is 1. The number of nitrogens with zero attached hydrogens (tertiary/aromatic N) is 3. The summed E-state index contributed by atoms with van der Waals surface area (Å²) in [6.45, 7) is 0.0644. The highest BCUT2D eigenvalue weighted by Gasteiger charge is 2.32. The van der Waals surface area contributed by atoms with Crippen molar-refractivity contribution < 1.29 is 29.0 Å². The molecule has 3 aromatic carbocycles. The van der Waals surface area contributed by atoms with Gasteiger partial charge in [-0.1, -0.05) is 48.0 Å². The van der Waals surface area contributed by atoms with Crippen molar-refractivity contribution in [3.63, 3.8) is 0 Å². The van der Waals surface area contributed by atoms with E-state index in [1.807, 2.05) is 48.5 Å². The fourth-order valence-electron chi connectivity index (χ4n) is 4.51. The number of benzene rings is 3. The van der Waals surface area contributed by atoms with Crippen molar-refractivity contribution in [2.24, 2.45) is 0 Å². The van der Waals surface area contributed by atoms with Crippen LogP contribution in [0, 0.1) is 0 Å². The molecule has 0 unspecified atom stereocenters. The van der Waals surface area contributed by atoms with Crippen molar-refractivity contribution in [1.29, 1.82) is 0 Å². The van der Waals surface area contributed by atoms with E-state index in [9.17, 15) is 14.7 Å². The molecule has 5 aromatic rings. The van der Waals surface area contributed by atoms with Crippen molar-refractivity contribution in [3.8, 4) is 22.6 Å². The number of esters is 1. The smallest absolute Gasteiger partial charge is 0.377 e. The lowest BCUT2D eigenvalue weighted by molar-refractivity contribution is -0.177. The summed E-state index contributed by atoms with van der Waals surface area (Å²) in [4.78, 5) is 36.9.